The molecule has 24 heavy (non-hydrogen) atoms. The third-order valence-corrected chi connectivity index (χ3v) is 3.82. The Morgan fingerprint density at radius 2 is 1.92 bits per heavy atom. The zero-order valence-electron chi connectivity index (χ0n) is 12.7. The zero-order chi connectivity index (χ0) is 16.4. The van der Waals surface area contributed by atoms with E-state index >= 15 is 0 Å². The number of nitrogens with zero attached hydrogens (tertiary/aromatic N) is 2. The van der Waals surface area contributed by atoms with E-state index < -0.39 is 6.04 Å². The van der Waals surface area contributed by atoms with Crippen molar-refractivity contribution in [2.24, 2.45) is 0 Å². The number of aromatic amines is 1. The molecule has 3 heterocycles. The van der Waals surface area contributed by atoms with Gasteiger partial charge in [-0.2, -0.15) is 0 Å². The molecule has 0 saturated heterocycles. The Hall–Kier alpha value is -3.41. The van der Waals surface area contributed by atoms with Crippen LogP contribution in [0.2, 0.25) is 0 Å². The summed E-state index contributed by atoms with van der Waals surface area (Å²) in [5.41, 5.74) is 1.34. The van der Waals surface area contributed by atoms with Gasteiger partial charge in [-0.1, -0.05) is 6.07 Å². The fraction of sp³-hybridized carbons (Fsp3) is 0.0556. The number of pyridine rings is 1. The summed E-state index contributed by atoms with van der Waals surface area (Å²) in [4.78, 5) is 11.5. The van der Waals surface area contributed by atoms with Crippen LogP contribution >= 0.6 is 0 Å². The number of phenols is 1. The predicted octanol–water partition coefficient (Wildman–Crippen LogP) is 2.94. The molecule has 0 aliphatic rings. The third-order valence-electron chi connectivity index (χ3n) is 3.82. The number of anilines is 1. The second-order valence-electron chi connectivity index (χ2n) is 5.30. The molecule has 118 valence electrons. The van der Waals surface area contributed by atoms with Gasteiger partial charge in [-0.25, -0.2) is 15.0 Å². The number of fused-ring (bicyclic) bond motifs is 1. The van der Waals surface area contributed by atoms with E-state index in [-0.39, 0.29) is 5.75 Å². The van der Waals surface area contributed by atoms with Gasteiger partial charge in [0.25, 0.3) is 5.52 Å². The Morgan fingerprint density at radius 1 is 1.04 bits per heavy atom. The monoisotopic (exact) mass is 319 g/mol. The first kappa shape index (κ1) is 14.2. The minimum atomic E-state index is -0.416. The first-order chi connectivity index (χ1) is 11.8. The Kier molecular flexibility index (Phi) is 3.55. The van der Waals surface area contributed by atoms with Gasteiger partial charge in [0.05, 0.1) is 11.6 Å². The summed E-state index contributed by atoms with van der Waals surface area (Å²) in [5.74, 6) is 1.28. The van der Waals surface area contributed by atoms with Crippen molar-refractivity contribution in [3.8, 4) is 5.75 Å². The lowest BCUT2D eigenvalue weighted by Gasteiger charge is -2.18. The molecule has 0 fully saturated rings. The molecule has 0 spiro atoms. The summed E-state index contributed by atoms with van der Waals surface area (Å²) in [7, 11) is 0. The third kappa shape index (κ3) is 2.54. The van der Waals surface area contributed by atoms with E-state index in [9.17, 15) is 5.11 Å². The van der Waals surface area contributed by atoms with Crippen molar-refractivity contribution < 1.29 is 14.5 Å². The van der Waals surface area contributed by atoms with Crippen LogP contribution in [0.15, 0.2) is 71.7 Å². The van der Waals surface area contributed by atoms with Gasteiger partial charge in [0.15, 0.2) is 11.9 Å². The fourth-order valence-electron chi connectivity index (χ4n) is 2.69. The molecule has 6 heteroatoms. The van der Waals surface area contributed by atoms with Gasteiger partial charge < -0.3 is 14.8 Å². The second kappa shape index (κ2) is 6.00. The maximum absolute atomic E-state index is 10.7. The van der Waals surface area contributed by atoms with Crippen LogP contribution in [0.4, 0.5) is 5.95 Å². The highest BCUT2D eigenvalue weighted by molar-refractivity contribution is 5.83. The molecule has 0 radical (unpaired) electrons. The van der Waals surface area contributed by atoms with Crippen molar-refractivity contribution in [2.75, 3.05) is 5.32 Å². The highest BCUT2D eigenvalue weighted by atomic mass is 16.3. The maximum atomic E-state index is 10.7. The van der Waals surface area contributed by atoms with Gasteiger partial charge in [0.2, 0.25) is 5.95 Å². The first-order valence-corrected chi connectivity index (χ1v) is 7.52. The van der Waals surface area contributed by atoms with E-state index in [0.29, 0.717) is 22.8 Å². The fourth-order valence-corrected chi connectivity index (χ4v) is 2.69. The van der Waals surface area contributed by atoms with Crippen LogP contribution in [0.3, 0.4) is 0 Å². The van der Waals surface area contributed by atoms with Crippen LogP contribution in [0.25, 0.3) is 10.9 Å². The van der Waals surface area contributed by atoms with E-state index in [1.165, 1.54) is 0 Å². The number of benzene rings is 1. The first-order valence-electron chi connectivity index (χ1n) is 7.52. The van der Waals surface area contributed by atoms with Crippen LogP contribution in [0, 0.1) is 0 Å². The van der Waals surface area contributed by atoms with Crippen molar-refractivity contribution in [3.63, 3.8) is 0 Å². The van der Waals surface area contributed by atoms with Crippen LogP contribution in [-0.2, 0) is 0 Å². The molecule has 1 atom stereocenters. The van der Waals surface area contributed by atoms with Gasteiger partial charge in [-0.3, -0.25) is 0 Å². The molecule has 0 saturated carbocycles. The molecule has 4 aromatic rings. The predicted molar refractivity (Wildman–Crippen MR) is 88.4 cm³/mol. The van der Waals surface area contributed by atoms with Crippen molar-refractivity contribution in [3.05, 3.63) is 78.6 Å². The largest absolute Gasteiger partial charge is 0.502 e. The molecule has 0 bridgehead atoms. The molecule has 6 nitrogen and oxygen atoms in total. The Labute approximate surface area is 137 Å². The van der Waals surface area contributed by atoms with Gasteiger partial charge in [0, 0.05) is 24.0 Å². The summed E-state index contributed by atoms with van der Waals surface area (Å²) in [5, 5.41) is 14.9. The number of furan rings is 1. The van der Waals surface area contributed by atoms with Crippen molar-refractivity contribution in [1.82, 2.24) is 9.97 Å². The highest BCUT2D eigenvalue weighted by Gasteiger charge is 2.24. The van der Waals surface area contributed by atoms with E-state index in [0.717, 1.165) is 5.39 Å². The second-order valence-corrected chi connectivity index (χ2v) is 5.30. The zero-order valence-corrected chi connectivity index (χ0v) is 12.7. The molecule has 1 unspecified atom stereocenters. The lowest BCUT2D eigenvalue weighted by Crippen LogP contribution is -2.15. The van der Waals surface area contributed by atoms with E-state index in [1.54, 1.807) is 37.0 Å². The topological polar surface area (TPSA) is 85.3 Å². The summed E-state index contributed by atoms with van der Waals surface area (Å²) in [6.07, 6.45) is 6.69. The molecule has 0 aliphatic carbocycles. The van der Waals surface area contributed by atoms with Crippen LogP contribution in [0.1, 0.15) is 17.4 Å². The van der Waals surface area contributed by atoms with Crippen molar-refractivity contribution >= 4 is 16.9 Å². The summed E-state index contributed by atoms with van der Waals surface area (Å²) in [6.45, 7) is 0. The highest BCUT2D eigenvalue weighted by Crippen LogP contribution is 2.35. The van der Waals surface area contributed by atoms with E-state index in [4.69, 9.17) is 4.42 Å². The smallest absolute Gasteiger partial charge is 0.253 e. The normalized spacial score (nSPS) is 12.2. The number of hydrogen-bond acceptors (Lipinski definition) is 5. The minimum Gasteiger partial charge on any atom is -0.502 e. The lowest BCUT2D eigenvalue weighted by molar-refractivity contribution is -0.345. The van der Waals surface area contributed by atoms with E-state index in [2.05, 4.69) is 20.3 Å². The van der Waals surface area contributed by atoms with Gasteiger partial charge in [0.1, 0.15) is 11.8 Å². The molecular weight excluding hydrogens is 304 g/mol. The van der Waals surface area contributed by atoms with Crippen LogP contribution < -0.4 is 10.3 Å². The molecule has 1 aromatic carbocycles. The Morgan fingerprint density at radius 3 is 2.71 bits per heavy atom. The van der Waals surface area contributed by atoms with Crippen LogP contribution in [0.5, 0.6) is 5.75 Å². The van der Waals surface area contributed by atoms with Crippen molar-refractivity contribution in [2.45, 2.75) is 6.04 Å². The summed E-state index contributed by atoms with van der Waals surface area (Å²) >= 11 is 0. The number of hydrogen-bond donors (Lipinski definition) is 2. The summed E-state index contributed by atoms with van der Waals surface area (Å²) < 4.78 is 5.55. The Balaban J connectivity index is 1.83. The van der Waals surface area contributed by atoms with Crippen LogP contribution in [-0.4, -0.2) is 15.1 Å². The number of aromatic hydroxyl groups is 1. The number of H-pyrrole nitrogens is 1. The number of aromatic nitrogens is 3. The average molecular weight is 319 g/mol. The standard InChI is InChI=1S/C18H14N4O2/c23-17-13(7-6-12-4-1-8-19-15(12)17)16(14-5-2-11-24-14)22-18-20-9-3-10-21-18/h1-11,16,23H,(H,20,21,22)/p+1. The van der Waals surface area contributed by atoms with Gasteiger partial charge >= 0.3 is 0 Å². The number of rotatable bonds is 4. The SMILES string of the molecule is Oc1c(C(Nc2ncccn2)c2ccco2)ccc2ccc[nH+]c12. The quantitative estimate of drug-likeness (QED) is 0.604. The van der Waals surface area contributed by atoms with Crippen molar-refractivity contribution in [1.29, 1.82) is 0 Å². The number of nitrogens with one attached hydrogen (secondary N) is 2. The minimum absolute atomic E-state index is 0.165. The molecule has 3 N–H and O–H groups in total. The van der Waals surface area contributed by atoms with Gasteiger partial charge in [-0.05, 0) is 30.3 Å². The number of phenolic OH excluding ortho intramolecular Hbond substituents is 1. The van der Waals surface area contributed by atoms with E-state index in [1.807, 2.05) is 30.3 Å². The molecular formula is C18H15N4O2+. The lowest BCUT2D eigenvalue weighted by atomic mass is 10.0. The molecule has 3 aromatic heterocycles. The van der Waals surface area contributed by atoms with Gasteiger partial charge in [-0.15, -0.1) is 0 Å². The molecule has 4 rings (SSSR count). The Bertz CT molecular complexity index is 955. The summed E-state index contributed by atoms with van der Waals surface area (Å²) in [6, 6.07) is 12.6. The molecule has 0 amide bonds. The molecule has 0 aliphatic heterocycles. The maximum Gasteiger partial charge on any atom is 0.253 e. The average Bonchev–Trinajstić information content (AvgIpc) is 3.16.